The lowest BCUT2D eigenvalue weighted by Gasteiger charge is -2.32. The molecule has 0 saturated carbocycles. The highest BCUT2D eigenvalue weighted by molar-refractivity contribution is 5.91. The van der Waals surface area contributed by atoms with Crippen LogP contribution in [-0.4, -0.2) is 65.5 Å². The van der Waals surface area contributed by atoms with E-state index < -0.39 is 35.7 Å². The van der Waals surface area contributed by atoms with Gasteiger partial charge in [0.1, 0.15) is 23.7 Å². The molecule has 4 amide bonds. The molecule has 35 heavy (non-hydrogen) atoms. The summed E-state index contributed by atoms with van der Waals surface area (Å²) in [6.45, 7) is 9.13. The fraction of sp³-hybridized carbons (Fsp3) is 0.800. The van der Waals surface area contributed by atoms with E-state index in [1.165, 1.54) is 4.90 Å². The summed E-state index contributed by atoms with van der Waals surface area (Å²) in [5.74, 6) is -1.15. The SMILES string of the molecule is CC(C)C[C@H]1C(=O)N[C@H](C#N)C[C@@H]2C[C@@H](CCCC[C@H](NC(=O)OC(C)(C)C)C(=O)N1C)NC2=O. The van der Waals surface area contributed by atoms with Crippen LogP contribution in [0, 0.1) is 23.2 Å². The zero-order valence-electron chi connectivity index (χ0n) is 21.8. The first-order valence-electron chi connectivity index (χ1n) is 12.6. The number of fused-ring (bicyclic) bond motifs is 2. The van der Waals surface area contributed by atoms with Crippen LogP contribution in [0.4, 0.5) is 4.79 Å². The van der Waals surface area contributed by atoms with E-state index in [9.17, 15) is 24.4 Å². The van der Waals surface area contributed by atoms with E-state index in [-0.39, 0.29) is 36.1 Å². The van der Waals surface area contributed by atoms with Gasteiger partial charge in [-0.1, -0.05) is 26.7 Å². The Kier molecular flexibility index (Phi) is 9.92. The van der Waals surface area contributed by atoms with Gasteiger partial charge in [-0.2, -0.15) is 5.26 Å². The number of hydrogen-bond donors (Lipinski definition) is 3. The quantitative estimate of drug-likeness (QED) is 0.553. The van der Waals surface area contributed by atoms with Gasteiger partial charge in [0.25, 0.3) is 0 Å². The van der Waals surface area contributed by atoms with Gasteiger partial charge in [0.15, 0.2) is 0 Å². The molecule has 0 unspecified atom stereocenters. The van der Waals surface area contributed by atoms with Crippen LogP contribution in [0.25, 0.3) is 0 Å². The molecule has 2 aliphatic heterocycles. The number of likely N-dealkylation sites (N-methyl/N-ethyl adjacent to an activating group) is 1. The summed E-state index contributed by atoms with van der Waals surface area (Å²) in [4.78, 5) is 53.0. The maximum absolute atomic E-state index is 13.5. The van der Waals surface area contributed by atoms with Crippen LogP contribution in [0.5, 0.6) is 0 Å². The van der Waals surface area contributed by atoms with Crippen molar-refractivity contribution in [2.45, 2.75) is 109 Å². The van der Waals surface area contributed by atoms with Crippen LogP contribution in [0.2, 0.25) is 0 Å². The van der Waals surface area contributed by atoms with Crippen LogP contribution >= 0.6 is 0 Å². The number of carbonyl (C=O) groups is 4. The van der Waals surface area contributed by atoms with E-state index in [4.69, 9.17) is 4.74 Å². The third-order valence-electron chi connectivity index (χ3n) is 6.38. The second-order valence-electron chi connectivity index (χ2n) is 11.1. The fourth-order valence-corrected chi connectivity index (χ4v) is 4.65. The zero-order chi connectivity index (χ0) is 26.3. The monoisotopic (exact) mass is 491 g/mol. The Morgan fingerprint density at radius 3 is 2.40 bits per heavy atom. The Morgan fingerprint density at radius 2 is 1.80 bits per heavy atom. The van der Waals surface area contributed by atoms with Gasteiger partial charge in [-0.15, -0.1) is 0 Å². The van der Waals surface area contributed by atoms with Crippen molar-refractivity contribution < 1.29 is 23.9 Å². The molecule has 0 aromatic heterocycles. The van der Waals surface area contributed by atoms with Gasteiger partial charge < -0.3 is 25.6 Å². The van der Waals surface area contributed by atoms with Crippen LogP contribution < -0.4 is 16.0 Å². The minimum absolute atomic E-state index is 0.00278. The summed E-state index contributed by atoms with van der Waals surface area (Å²) in [5, 5.41) is 18.1. The number of nitrogens with one attached hydrogen (secondary N) is 3. The molecule has 0 radical (unpaired) electrons. The summed E-state index contributed by atoms with van der Waals surface area (Å²) in [7, 11) is 1.55. The van der Waals surface area contributed by atoms with Crippen molar-refractivity contribution in [2.24, 2.45) is 11.8 Å². The highest BCUT2D eigenvalue weighted by Gasteiger charge is 2.37. The summed E-state index contributed by atoms with van der Waals surface area (Å²) in [6, 6.07) is -0.426. The third kappa shape index (κ3) is 8.71. The predicted molar refractivity (Wildman–Crippen MR) is 130 cm³/mol. The number of carbonyl (C=O) groups excluding carboxylic acids is 4. The molecule has 5 atom stereocenters. The smallest absolute Gasteiger partial charge is 0.408 e. The molecule has 2 saturated heterocycles. The van der Waals surface area contributed by atoms with Crippen LogP contribution in [0.1, 0.15) is 79.6 Å². The standard InChI is InChI=1S/C25H41N5O5/c1-15(2)11-20-22(32)28-18(14-26)13-16-12-17(27-21(16)31)9-7-8-10-19(23(33)30(20)6)29-24(34)35-25(3,4)5/h15-20H,7-13H2,1-6H3,(H,27,31)(H,28,32)(H,29,34)/t16-,17+,18-,19-,20-/m0/s1. The summed E-state index contributed by atoms with van der Waals surface area (Å²) in [6.07, 6.45) is 3.07. The normalized spacial score (nSPS) is 28.9. The van der Waals surface area contributed by atoms with Crippen molar-refractivity contribution in [3.8, 4) is 6.07 Å². The molecule has 2 rings (SSSR count). The first kappa shape index (κ1) is 28.4. The minimum Gasteiger partial charge on any atom is -0.444 e. The second-order valence-corrected chi connectivity index (χ2v) is 11.1. The molecule has 196 valence electrons. The topological polar surface area (TPSA) is 141 Å². The third-order valence-corrected chi connectivity index (χ3v) is 6.38. The molecular formula is C25H41N5O5. The van der Waals surface area contributed by atoms with E-state index in [2.05, 4.69) is 22.0 Å². The van der Waals surface area contributed by atoms with Gasteiger partial charge in [-0.3, -0.25) is 14.4 Å². The molecular weight excluding hydrogens is 450 g/mol. The lowest BCUT2D eigenvalue weighted by atomic mass is 9.94. The highest BCUT2D eigenvalue weighted by atomic mass is 16.6. The molecule has 0 aromatic rings. The predicted octanol–water partition coefficient (Wildman–Crippen LogP) is 2.23. The molecule has 2 heterocycles. The molecule has 2 bridgehead atoms. The maximum Gasteiger partial charge on any atom is 0.408 e. The molecule has 0 spiro atoms. The Balaban J connectivity index is 2.32. The van der Waals surface area contributed by atoms with Crippen LogP contribution in [0.3, 0.4) is 0 Å². The van der Waals surface area contributed by atoms with Gasteiger partial charge in [0, 0.05) is 19.0 Å². The molecule has 10 heteroatoms. The van der Waals surface area contributed by atoms with E-state index >= 15 is 0 Å². The summed E-state index contributed by atoms with van der Waals surface area (Å²) < 4.78 is 5.36. The molecule has 2 aliphatic rings. The first-order chi connectivity index (χ1) is 16.3. The van der Waals surface area contributed by atoms with Crippen molar-refractivity contribution >= 4 is 23.8 Å². The maximum atomic E-state index is 13.5. The molecule has 2 fully saturated rings. The van der Waals surface area contributed by atoms with Crippen molar-refractivity contribution in [1.82, 2.24) is 20.9 Å². The van der Waals surface area contributed by atoms with E-state index in [1.807, 2.05) is 13.8 Å². The van der Waals surface area contributed by atoms with Gasteiger partial charge in [-0.05, 0) is 58.8 Å². The lowest BCUT2D eigenvalue weighted by molar-refractivity contribution is -0.141. The summed E-state index contributed by atoms with van der Waals surface area (Å²) in [5.41, 5.74) is -0.720. The van der Waals surface area contributed by atoms with Crippen LogP contribution in [0.15, 0.2) is 0 Å². The number of amides is 4. The Bertz CT molecular complexity index is 831. The van der Waals surface area contributed by atoms with E-state index in [0.717, 1.165) is 12.8 Å². The van der Waals surface area contributed by atoms with Gasteiger partial charge in [0.05, 0.1) is 6.07 Å². The van der Waals surface area contributed by atoms with Crippen molar-refractivity contribution in [3.63, 3.8) is 0 Å². The Labute approximate surface area is 208 Å². The Morgan fingerprint density at radius 1 is 1.14 bits per heavy atom. The zero-order valence-corrected chi connectivity index (χ0v) is 21.8. The van der Waals surface area contributed by atoms with E-state index in [1.54, 1.807) is 27.8 Å². The van der Waals surface area contributed by atoms with Gasteiger partial charge in [-0.25, -0.2) is 4.79 Å². The van der Waals surface area contributed by atoms with E-state index in [0.29, 0.717) is 25.7 Å². The first-order valence-corrected chi connectivity index (χ1v) is 12.6. The number of alkyl carbamates (subject to hydrolysis) is 1. The molecule has 0 aromatic carbocycles. The minimum atomic E-state index is -0.861. The van der Waals surface area contributed by atoms with Crippen molar-refractivity contribution in [3.05, 3.63) is 0 Å². The van der Waals surface area contributed by atoms with Crippen LogP contribution in [-0.2, 0) is 19.1 Å². The molecule has 0 aliphatic carbocycles. The number of ether oxygens (including phenoxy) is 1. The number of hydrogen-bond acceptors (Lipinski definition) is 6. The average Bonchev–Trinajstić information content (AvgIpc) is 3.09. The molecule has 3 N–H and O–H groups in total. The second kappa shape index (κ2) is 12.2. The summed E-state index contributed by atoms with van der Waals surface area (Å²) >= 11 is 0. The number of nitriles is 1. The number of nitrogens with zero attached hydrogens (tertiary/aromatic N) is 2. The van der Waals surface area contributed by atoms with Gasteiger partial charge in [0.2, 0.25) is 17.7 Å². The number of rotatable bonds is 3. The molecule has 10 nitrogen and oxygen atoms in total. The largest absolute Gasteiger partial charge is 0.444 e. The van der Waals surface area contributed by atoms with Crippen molar-refractivity contribution in [2.75, 3.05) is 7.05 Å². The van der Waals surface area contributed by atoms with Crippen molar-refractivity contribution in [1.29, 1.82) is 5.26 Å². The average molecular weight is 492 g/mol. The lowest BCUT2D eigenvalue weighted by Crippen LogP contribution is -2.56. The fourth-order valence-electron chi connectivity index (χ4n) is 4.65. The highest BCUT2D eigenvalue weighted by Crippen LogP contribution is 2.25. The Hall–Kier alpha value is -2.83. The van der Waals surface area contributed by atoms with Gasteiger partial charge >= 0.3 is 6.09 Å².